The minimum Gasteiger partial charge on any atom is -0.455 e. The van der Waals surface area contributed by atoms with Crippen molar-refractivity contribution in [2.24, 2.45) is 20.8 Å². The number of allylic oxidation sites excluding steroid dienone is 8. The molecule has 2 atom stereocenters. The van der Waals surface area contributed by atoms with Gasteiger partial charge in [0.25, 0.3) is 0 Å². The van der Waals surface area contributed by atoms with Gasteiger partial charge in [0.05, 0.1) is 12.4 Å². The van der Waals surface area contributed by atoms with Crippen LogP contribution in [0.15, 0.2) is 87.7 Å². The molecule has 0 saturated heterocycles. The Morgan fingerprint density at radius 3 is 2.08 bits per heavy atom. The summed E-state index contributed by atoms with van der Waals surface area (Å²) in [7, 11) is 5.71. The standard InChI is InChI=1S/C33H50BN2O/c1-9-13-23-33(6,12-4)25-21-30(34-28-18-15-14-16-19-28)31(27-36-8)37-29(26-35-7)20-17-24-32(5,11-3)22-10-2/h14-21,24-27H,9-13,22-23H2,1-8H3/b24-17+,25-21+,29-20+,31-30-,35-26?,36-27?. The van der Waals surface area contributed by atoms with Crippen LogP contribution in [0, 0.1) is 10.8 Å². The molecular formula is C33H50BN2O. The number of benzene rings is 1. The third-order valence-electron chi connectivity index (χ3n) is 7.10. The Morgan fingerprint density at radius 1 is 0.865 bits per heavy atom. The van der Waals surface area contributed by atoms with Gasteiger partial charge < -0.3 is 4.74 Å². The summed E-state index contributed by atoms with van der Waals surface area (Å²) in [5.74, 6) is 1.38. The third-order valence-corrected chi connectivity index (χ3v) is 7.10. The lowest BCUT2D eigenvalue weighted by atomic mass is 9.62. The summed E-state index contributed by atoms with van der Waals surface area (Å²) >= 11 is 0. The average Bonchev–Trinajstić information content (AvgIpc) is 2.90. The van der Waals surface area contributed by atoms with E-state index in [4.69, 9.17) is 4.74 Å². The number of nitrogens with zero attached hydrogens (tertiary/aromatic N) is 2. The summed E-state index contributed by atoms with van der Waals surface area (Å²) < 4.78 is 6.46. The van der Waals surface area contributed by atoms with Gasteiger partial charge in [-0.1, -0.05) is 121 Å². The van der Waals surface area contributed by atoms with Crippen molar-refractivity contribution in [1.29, 1.82) is 0 Å². The van der Waals surface area contributed by atoms with E-state index in [-0.39, 0.29) is 10.8 Å². The smallest absolute Gasteiger partial charge is 0.196 e. The van der Waals surface area contributed by atoms with Crippen LogP contribution in [-0.2, 0) is 4.74 Å². The first kappa shape index (κ1) is 32.4. The number of aliphatic imine (C=N–C) groups is 2. The van der Waals surface area contributed by atoms with Gasteiger partial charge in [0.1, 0.15) is 11.5 Å². The highest BCUT2D eigenvalue weighted by molar-refractivity contribution is 6.62. The van der Waals surface area contributed by atoms with Crippen LogP contribution < -0.4 is 5.46 Å². The van der Waals surface area contributed by atoms with E-state index in [0.717, 1.165) is 36.6 Å². The van der Waals surface area contributed by atoms with Crippen LogP contribution in [0.25, 0.3) is 0 Å². The topological polar surface area (TPSA) is 34.0 Å². The summed E-state index contributed by atoms with van der Waals surface area (Å²) in [5, 5.41) is 0. The lowest BCUT2D eigenvalue weighted by molar-refractivity contribution is 0.354. The van der Waals surface area contributed by atoms with Crippen molar-refractivity contribution in [2.45, 2.75) is 86.5 Å². The van der Waals surface area contributed by atoms with Crippen molar-refractivity contribution < 1.29 is 4.74 Å². The van der Waals surface area contributed by atoms with E-state index in [1.165, 1.54) is 19.3 Å². The van der Waals surface area contributed by atoms with Gasteiger partial charge in [-0.3, -0.25) is 9.98 Å². The van der Waals surface area contributed by atoms with E-state index < -0.39 is 0 Å². The fourth-order valence-corrected chi connectivity index (χ4v) is 4.14. The fraction of sp³-hybridized carbons (Fsp3) is 0.515. The van der Waals surface area contributed by atoms with Crippen molar-refractivity contribution in [3.8, 4) is 0 Å². The lowest BCUT2D eigenvalue weighted by Gasteiger charge is -2.24. The zero-order valence-electron chi connectivity index (χ0n) is 24.8. The minimum atomic E-state index is 0.135. The van der Waals surface area contributed by atoms with Gasteiger partial charge in [-0.15, -0.1) is 0 Å². The summed E-state index contributed by atoms with van der Waals surface area (Å²) in [5.41, 5.74) is 2.42. The third kappa shape index (κ3) is 12.5. The van der Waals surface area contributed by atoms with E-state index >= 15 is 0 Å². The van der Waals surface area contributed by atoms with E-state index in [1.807, 2.05) is 12.1 Å². The zero-order valence-corrected chi connectivity index (χ0v) is 24.8. The Morgan fingerprint density at radius 2 is 1.51 bits per heavy atom. The molecule has 0 aliphatic rings. The maximum atomic E-state index is 6.46. The second kappa shape index (κ2) is 17.8. The van der Waals surface area contributed by atoms with Gasteiger partial charge in [0.15, 0.2) is 7.28 Å². The Labute approximate surface area is 228 Å². The van der Waals surface area contributed by atoms with E-state index in [1.54, 1.807) is 26.5 Å². The first-order chi connectivity index (χ1) is 17.8. The van der Waals surface area contributed by atoms with Crippen LogP contribution in [-0.4, -0.2) is 33.8 Å². The molecule has 37 heavy (non-hydrogen) atoms. The Bertz CT molecular complexity index is 958. The van der Waals surface area contributed by atoms with E-state index in [9.17, 15) is 0 Å². The predicted octanol–water partition coefficient (Wildman–Crippen LogP) is 8.46. The van der Waals surface area contributed by atoms with Gasteiger partial charge in [-0.2, -0.15) is 0 Å². The van der Waals surface area contributed by atoms with Crippen LogP contribution in [0.4, 0.5) is 0 Å². The largest absolute Gasteiger partial charge is 0.455 e. The van der Waals surface area contributed by atoms with Crippen molar-refractivity contribution in [3.05, 3.63) is 77.7 Å². The molecule has 0 amide bonds. The summed E-state index contributed by atoms with van der Waals surface area (Å²) in [4.78, 5) is 8.58. The molecule has 1 radical (unpaired) electrons. The Hall–Kier alpha value is -2.62. The maximum absolute atomic E-state index is 6.46. The van der Waals surface area contributed by atoms with Crippen molar-refractivity contribution in [1.82, 2.24) is 0 Å². The monoisotopic (exact) mass is 501 g/mol. The molecule has 0 aliphatic carbocycles. The molecule has 4 heteroatoms. The van der Waals surface area contributed by atoms with Gasteiger partial charge >= 0.3 is 0 Å². The van der Waals surface area contributed by atoms with Crippen LogP contribution in [0.5, 0.6) is 0 Å². The van der Waals surface area contributed by atoms with Crippen LogP contribution >= 0.6 is 0 Å². The zero-order chi connectivity index (χ0) is 27.6. The summed E-state index contributed by atoms with van der Waals surface area (Å²) in [6, 6.07) is 10.4. The quantitative estimate of drug-likeness (QED) is 0.0912. The number of rotatable bonds is 17. The second-order valence-corrected chi connectivity index (χ2v) is 10.4. The van der Waals surface area contributed by atoms with Crippen LogP contribution in [0.2, 0.25) is 0 Å². The highest BCUT2D eigenvalue weighted by Crippen LogP contribution is 2.31. The van der Waals surface area contributed by atoms with Gasteiger partial charge in [-0.25, -0.2) is 0 Å². The van der Waals surface area contributed by atoms with Crippen LogP contribution in [0.3, 0.4) is 0 Å². The minimum absolute atomic E-state index is 0.135. The number of unbranched alkanes of at least 4 members (excludes halogenated alkanes) is 1. The molecule has 0 heterocycles. The molecule has 1 aromatic rings. The highest BCUT2D eigenvalue weighted by atomic mass is 16.5. The highest BCUT2D eigenvalue weighted by Gasteiger charge is 2.19. The fourth-order valence-electron chi connectivity index (χ4n) is 4.14. The number of hydrogen-bond donors (Lipinski definition) is 0. The molecule has 0 aromatic heterocycles. The first-order valence-corrected chi connectivity index (χ1v) is 14.0. The molecule has 0 bridgehead atoms. The molecule has 0 saturated carbocycles. The number of ether oxygens (including phenoxy) is 1. The molecule has 1 aromatic carbocycles. The summed E-state index contributed by atoms with van der Waals surface area (Å²) in [6.07, 6.45) is 22.6. The normalized spacial score (nSPS) is 16.9. The molecule has 2 unspecified atom stereocenters. The van der Waals surface area contributed by atoms with Crippen molar-refractivity contribution in [3.63, 3.8) is 0 Å². The second-order valence-electron chi connectivity index (χ2n) is 10.4. The maximum Gasteiger partial charge on any atom is 0.196 e. The van der Waals surface area contributed by atoms with Crippen molar-refractivity contribution >= 4 is 25.2 Å². The molecular weight excluding hydrogens is 451 g/mol. The van der Waals surface area contributed by atoms with E-state index in [0.29, 0.717) is 11.5 Å². The van der Waals surface area contributed by atoms with E-state index in [2.05, 4.69) is 107 Å². The summed E-state index contributed by atoms with van der Waals surface area (Å²) in [6.45, 7) is 13.7. The Kier molecular flexibility index (Phi) is 15.6. The molecule has 201 valence electrons. The van der Waals surface area contributed by atoms with Gasteiger partial charge in [0.2, 0.25) is 0 Å². The molecule has 3 nitrogen and oxygen atoms in total. The molecule has 0 spiro atoms. The van der Waals surface area contributed by atoms with Gasteiger partial charge in [-0.05, 0) is 48.1 Å². The van der Waals surface area contributed by atoms with Gasteiger partial charge in [0, 0.05) is 14.1 Å². The molecule has 1 rings (SSSR count). The predicted molar refractivity (Wildman–Crippen MR) is 166 cm³/mol. The SMILES string of the molecule is CCCCC(C)(/C=C/C([B]c1ccccc1)=C(\C=NC)O/C(C=NC)=C/C=C/C(C)(CC)CCC)CC. The molecule has 0 N–H and O–H groups in total. The molecule has 0 fully saturated rings. The first-order valence-electron chi connectivity index (χ1n) is 14.0. The Balaban J connectivity index is 3.50. The van der Waals surface area contributed by atoms with Crippen LogP contribution in [0.1, 0.15) is 86.5 Å². The van der Waals surface area contributed by atoms with Crippen molar-refractivity contribution in [2.75, 3.05) is 14.1 Å². The lowest BCUT2D eigenvalue weighted by Crippen LogP contribution is -2.19. The average molecular weight is 502 g/mol. The molecule has 0 aliphatic heterocycles. The number of hydrogen-bond acceptors (Lipinski definition) is 3.